The minimum absolute atomic E-state index is 0.0820. The summed E-state index contributed by atoms with van der Waals surface area (Å²) in [6.45, 7) is 1.58. The zero-order chi connectivity index (χ0) is 13.8. The summed E-state index contributed by atoms with van der Waals surface area (Å²) in [5.74, 6) is -0.0630. The molecule has 104 valence electrons. The van der Waals surface area contributed by atoms with E-state index in [-0.39, 0.29) is 5.92 Å². The van der Waals surface area contributed by atoms with Crippen LogP contribution >= 0.6 is 0 Å². The van der Waals surface area contributed by atoms with Crippen LogP contribution in [0.5, 0.6) is 11.5 Å². The summed E-state index contributed by atoms with van der Waals surface area (Å²) < 4.78 is 10.5. The Balaban J connectivity index is 2.41. The molecule has 5 nitrogen and oxygen atoms in total. The number of nitrogens with one attached hydrogen (secondary N) is 1. The van der Waals surface area contributed by atoms with Crippen LogP contribution in [0.3, 0.4) is 0 Å². The monoisotopic (exact) mass is 265 g/mol. The van der Waals surface area contributed by atoms with Gasteiger partial charge >= 0.3 is 5.97 Å². The molecule has 1 fully saturated rings. The minimum atomic E-state index is -0.819. The van der Waals surface area contributed by atoms with Crippen LogP contribution in [0.15, 0.2) is 18.2 Å². The Morgan fingerprint density at radius 3 is 2.74 bits per heavy atom. The molecule has 1 aliphatic rings. The lowest BCUT2D eigenvalue weighted by atomic mass is 9.85. The molecule has 19 heavy (non-hydrogen) atoms. The summed E-state index contributed by atoms with van der Waals surface area (Å²) >= 11 is 0. The maximum absolute atomic E-state index is 11.6. The number of carboxylic acid groups (broad SMARTS) is 1. The van der Waals surface area contributed by atoms with Crippen molar-refractivity contribution in [3.63, 3.8) is 0 Å². The van der Waals surface area contributed by atoms with Crippen molar-refractivity contribution in [3.05, 3.63) is 23.8 Å². The highest BCUT2D eigenvalue weighted by atomic mass is 16.5. The Kier molecular flexibility index (Phi) is 4.27. The van der Waals surface area contributed by atoms with E-state index < -0.39 is 11.9 Å². The van der Waals surface area contributed by atoms with E-state index in [2.05, 4.69) is 5.32 Å². The van der Waals surface area contributed by atoms with E-state index in [1.807, 2.05) is 0 Å². The standard InChI is InChI=1S/C14H19NO4/c1-18-10-3-4-12(19-2)11(7-10)13(14(16)17)9-5-6-15-8-9/h3-4,7,9,13,15H,5-6,8H2,1-2H3,(H,16,17). The maximum atomic E-state index is 11.6. The SMILES string of the molecule is COc1ccc(OC)c(C(C(=O)O)C2CCNC2)c1. The molecule has 0 saturated carbocycles. The molecular weight excluding hydrogens is 246 g/mol. The minimum Gasteiger partial charge on any atom is -0.497 e. The fraction of sp³-hybridized carbons (Fsp3) is 0.500. The molecule has 0 aliphatic carbocycles. The van der Waals surface area contributed by atoms with Crippen molar-refractivity contribution in [2.24, 2.45) is 5.92 Å². The van der Waals surface area contributed by atoms with Crippen molar-refractivity contribution in [3.8, 4) is 11.5 Å². The molecule has 1 aromatic rings. The summed E-state index contributed by atoms with van der Waals surface area (Å²) in [5, 5.41) is 12.8. The first kappa shape index (κ1) is 13.7. The predicted octanol–water partition coefficient (Wildman–Crippen LogP) is 1.48. The third-order valence-corrected chi connectivity index (χ3v) is 3.61. The Labute approximate surface area is 112 Å². The van der Waals surface area contributed by atoms with Crippen LogP contribution in [0.25, 0.3) is 0 Å². The molecule has 0 spiro atoms. The van der Waals surface area contributed by atoms with E-state index in [0.717, 1.165) is 19.5 Å². The Morgan fingerprint density at radius 1 is 1.42 bits per heavy atom. The van der Waals surface area contributed by atoms with E-state index in [1.165, 1.54) is 0 Å². The molecule has 1 saturated heterocycles. The first-order chi connectivity index (χ1) is 9.17. The number of hydrogen-bond donors (Lipinski definition) is 2. The van der Waals surface area contributed by atoms with Gasteiger partial charge in [-0.1, -0.05) is 0 Å². The quantitative estimate of drug-likeness (QED) is 0.844. The number of hydrogen-bond acceptors (Lipinski definition) is 4. The molecule has 2 unspecified atom stereocenters. The van der Waals surface area contributed by atoms with E-state index in [1.54, 1.807) is 32.4 Å². The highest BCUT2D eigenvalue weighted by Crippen LogP contribution is 2.37. The van der Waals surface area contributed by atoms with Crippen molar-refractivity contribution in [1.82, 2.24) is 5.32 Å². The van der Waals surface area contributed by atoms with Gasteiger partial charge in [0, 0.05) is 5.56 Å². The Morgan fingerprint density at radius 2 is 2.21 bits per heavy atom. The number of methoxy groups -OCH3 is 2. The summed E-state index contributed by atoms with van der Waals surface area (Å²) in [5.41, 5.74) is 0.683. The molecule has 1 aliphatic heterocycles. The number of carboxylic acids is 1. The zero-order valence-corrected chi connectivity index (χ0v) is 11.2. The molecule has 0 radical (unpaired) electrons. The van der Waals surface area contributed by atoms with Crippen molar-refractivity contribution in [1.29, 1.82) is 0 Å². The molecule has 2 rings (SSSR count). The second-order valence-electron chi connectivity index (χ2n) is 4.68. The van der Waals surface area contributed by atoms with Crippen LogP contribution in [0, 0.1) is 5.92 Å². The maximum Gasteiger partial charge on any atom is 0.311 e. The van der Waals surface area contributed by atoms with Gasteiger partial charge in [-0.05, 0) is 43.6 Å². The zero-order valence-electron chi connectivity index (χ0n) is 11.2. The van der Waals surface area contributed by atoms with Crippen LogP contribution in [0.2, 0.25) is 0 Å². The third kappa shape index (κ3) is 2.81. The lowest BCUT2D eigenvalue weighted by Crippen LogP contribution is -2.24. The Bertz CT molecular complexity index is 455. The second kappa shape index (κ2) is 5.93. The van der Waals surface area contributed by atoms with Gasteiger partial charge in [0.2, 0.25) is 0 Å². The molecule has 5 heteroatoms. The van der Waals surface area contributed by atoms with Gasteiger partial charge in [0.1, 0.15) is 11.5 Å². The number of ether oxygens (including phenoxy) is 2. The molecule has 0 aromatic heterocycles. The molecule has 1 heterocycles. The van der Waals surface area contributed by atoms with Crippen molar-refractivity contribution < 1.29 is 19.4 Å². The second-order valence-corrected chi connectivity index (χ2v) is 4.68. The first-order valence-corrected chi connectivity index (χ1v) is 6.32. The lowest BCUT2D eigenvalue weighted by Gasteiger charge is -2.21. The van der Waals surface area contributed by atoms with Gasteiger partial charge in [-0.15, -0.1) is 0 Å². The van der Waals surface area contributed by atoms with Gasteiger partial charge < -0.3 is 19.9 Å². The number of carbonyl (C=O) groups is 1. The normalized spacial score (nSPS) is 20.0. The van der Waals surface area contributed by atoms with Crippen molar-refractivity contribution >= 4 is 5.97 Å². The van der Waals surface area contributed by atoms with Crippen molar-refractivity contribution in [2.45, 2.75) is 12.3 Å². The van der Waals surface area contributed by atoms with Crippen LogP contribution in [-0.4, -0.2) is 38.4 Å². The summed E-state index contributed by atoms with van der Waals surface area (Å²) in [4.78, 5) is 11.6. The average molecular weight is 265 g/mol. The van der Waals surface area contributed by atoms with Gasteiger partial charge in [-0.25, -0.2) is 0 Å². The molecule has 0 amide bonds. The number of rotatable bonds is 5. The van der Waals surface area contributed by atoms with Gasteiger partial charge in [0.15, 0.2) is 0 Å². The lowest BCUT2D eigenvalue weighted by molar-refractivity contribution is -0.140. The smallest absolute Gasteiger partial charge is 0.311 e. The molecule has 2 N–H and O–H groups in total. The van der Waals surface area contributed by atoms with Crippen molar-refractivity contribution in [2.75, 3.05) is 27.3 Å². The average Bonchev–Trinajstić information content (AvgIpc) is 2.92. The summed E-state index contributed by atoms with van der Waals surface area (Å²) in [7, 11) is 3.12. The van der Waals surface area contributed by atoms with Crippen LogP contribution in [0.1, 0.15) is 17.9 Å². The topological polar surface area (TPSA) is 67.8 Å². The fourth-order valence-electron chi connectivity index (χ4n) is 2.63. The van der Waals surface area contributed by atoms with E-state index in [0.29, 0.717) is 17.1 Å². The molecule has 0 bridgehead atoms. The van der Waals surface area contributed by atoms with E-state index in [4.69, 9.17) is 9.47 Å². The number of benzene rings is 1. The Hall–Kier alpha value is -1.75. The largest absolute Gasteiger partial charge is 0.497 e. The molecule has 1 aromatic carbocycles. The van der Waals surface area contributed by atoms with Gasteiger partial charge in [0.25, 0.3) is 0 Å². The number of aliphatic carboxylic acids is 1. The van der Waals surface area contributed by atoms with Crippen LogP contribution in [0.4, 0.5) is 0 Å². The third-order valence-electron chi connectivity index (χ3n) is 3.61. The fourth-order valence-corrected chi connectivity index (χ4v) is 2.63. The summed E-state index contributed by atoms with van der Waals surface area (Å²) in [6.07, 6.45) is 0.858. The van der Waals surface area contributed by atoms with Crippen LogP contribution in [-0.2, 0) is 4.79 Å². The first-order valence-electron chi connectivity index (χ1n) is 6.32. The molecule has 2 atom stereocenters. The van der Waals surface area contributed by atoms with Gasteiger partial charge in [-0.2, -0.15) is 0 Å². The van der Waals surface area contributed by atoms with E-state index >= 15 is 0 Å². The highest BCUT2D eigenvalue weighted by Gasteiger charge is 2.34. The van der Waals surface area contributed by atoms with Gasteiger partial charge in [0.05, 0.1) is 20.1 Å². The predicted molar refractivity (Wildman–Crippen MR) is 70.9 cm³/mol. The summed E-state index contributed by atoms with van der Waals surface area (Å²) in [6, 6.07) is 5.29. The van der Waals surface area contributed by atoms with Crippen LogP contribution < -0.4 is 14.8 Å². The highest BCUT2D eigenvalue weighted by molar-refractivity contribution is 5.78. The van der Waals surface area contributed by atoms with Gasteiger partial charge in [-0.3, -0.25) is 4.79 Å². The van der Waals surface area contributed by atoms with E-state index in [9.17, 15) is 9.90 Å². The molecular formula is C14H19NO4.